The Morgan fingerprint density at radius 2 is 2.25 bits per heavy atom. The van der Waals surface area contributed by atoms with Crippen molar-refractivity contribution in [3.05, 3.63) is 17.7 Å². The Morgan fingerprint density at radius 1 is 1.45 bits per heavy atom. The Balaban J connectivity index is 1.91. The molecule has 5 heteroatoms. The van der Waals surface area contributed by atoms with Gasteiger partial charge in [0.15, 0.2) is 0 Å². The molecule has 5 nitrogen and oxygen atoms in total. The Hall–Kier alpha value is -0.910. The lowest BCUT2D eigenvalue weighted by Crippen LogP contribution is -2.53. The molecule has 0 amide bonds. The minimum atomic E-state index is 0.274. The van der Waals surface area contributed by atoms with Gasteiger partial charge < -0.3 is 10.1 Å². The van der Waals surface area contributed by atoms with Crippen molar-refractivity contribution in [2.24, 2.45) is 5.92 Å². The first kappa shape index (κ1) is 15.5. The van der Waals surface area contributed by atoms with E-state index in [4.69, 9.17) is 0 Å². The molecule has 1 atom stereocenters. The number of nitrogens with one attached hydrogen (secondary N) is 1. The molecule has 2 heterocycles. The van der Waals surface area contributed by atoms with Gasteiger partial charge in [-0.1, -0.05) is 13.8 Å². The summed E-state index contributed by atoms with van der Waals surface area (Å²) < 4.78 is 0. The van der Waals surface area contributed by atoms with Crippen molar-refractivity contribution in [1.29, 1.82) is 0 Å². The molecular weight excluding hydrogens is 252 g/mol. The fourth-order valence-corrected chi connectivity index (χ4v) is 3.03. The number of aromatic nitrogens is 2. The summed E-state index contributed by atoms with van der Waals surface area (Å²) in [5, 5.41) is 9.29. The summed E-state index contributed by atoms with van der Waals surface area (Å²) in [7, 11) is 0. The summed E-state index contributed by atoms with van der Waals surface area (Å²) in [6.45, 7) is 12.1. The molecule has 1 saturated heterocycles. The standard InChI is InChI=1S/C15H28N4O/c1-12(2)9-19-6-5-18(11-15(19)4-7-20)10-14-8-16-13(3)17-14/h8,12,15,20H,4-7,9-11H2,1-3H3,(H,16,17)/t15-/m0/s1. The molecule has 0 radical (unpaired) electrons. The number of hydrogen-bond acceptors (Lipinski definition) is 4. The van der Waals surface area contributed by atoms with Crippen LogP contribution in [0.5, 0.6) is 0 Å². The SMILES string of the molecule is Cc1ncc(CN2CCN(CC(C)C)[C@@H](CCO)C2)[nH]1. The summed E-state index contributed by atoms with van der Waals surface area (Å²) in [5.41, 5.74) is 1.18. The van der Waals surface area contributed by atoms with Crippen LogP contribution in [0.15, 0.2) is 6.20 Å². The molecule has 2 rings (SSSR count). The topological polar surface area (TPSA) is 55.4 Å². The third-order valence-corrected chi connectivity index (χ3v) is 3.90. The Labute approximate surface area is 122 Å². The molecule has 1 aromatic heterocycles. The first-order valence-corrected chi connectivity index (χ1v) is 7.66. The zero-order valence-electron chi connectivity index (χ0n) is 13.0. The third kappa shape index (κ3) is 4.30. The van der Waals surface area contributed by atoms with E-state index >= 15 is 0 Å². The number of hydrogen-bond donors (Lipinski definition) is 2. The van der Waals surface area contributed by atoms with Gasteiger partial charge in [0.2, 0.25) is 0 Å². The summed E-state index contributed by atoms with van der Waals surface area (Å²) in [5.74, 6) is 1.66. The van der Waals surface area contributed by atoms with Gasteiger partial charge in [0.1, 0.15) is 5.82 Å². The predicted octanol–water partition coefficient (Wildman–Crippen LogP) is 1.24. The highest BCUT2D eigenvalue weighted by atomic mass is 16.3. The number of aliphatic hydroxyl groups is 1. The van der Waals surface area contributed by atoms with Crippen LogP contribution in [-0.4, -0.2) is 63.7 Å². The third-order valence-electron chi connectivity index (χ3n) is 3.90. The highest BCUT2D eigenvalue weighted by molar-refractivity contribution is 5.00. The molecule has 1 aromatic rings. The molecule has 1 aliphatic heterocycles. The molecule has 20 heavy (non-hydrogen) atoms. The van der Waals surface area contributed by atoms with E-state index in [1.54, 1.807) is 0 Å². The summed E-state index contributed by atoms with van der Waals surface area (Å²) >= 11 is 0. The Bertz CT molecular complexity index is 404. The Morgan fingerprint density at radius 3 is 2.85 bits per heavy atom. The smallest absolute Gasteiger partial charge is 0.103 e. The van der Waals surface area contributed by atoms with E-state index in [1.807, 2.05) is 13.1 Å². The van der Waals surface area contributed by atoms with Crippen molar-refractivity contribution in [3.8, 4) is 0 Å². The van der Waals surface area contributed by atoms with Crippen molar-refractivity contribution in [2.45, 2.75) is 39.8 Å². The van der Waals surface area contributed by atoms with Crippen LogP contribution in [0.1, 0.15) is 31.8 Å². The average molecular weight is 280 g/mol. The summed E-state index contributed by atoms with van der Waals surface area (Å²) in [4.78, 5) is 12.6. The van der Waals surface area contributed by atoms with E-state index in [-0.39, 0.29) is 6.61 Å². The van der Waals surface area contributed by atoms with Crippen molar-refractivity contribution >= 4 is 0 Å². The van der Waals surface area contributed by atoms with Gasteiger partial charge in [-0.3, -0.25) is 9.80 Å². The summed E-state index contributed by atoms with van der Waals surface area (Å²) in [6.07, 6.45) is 2.79. The Kier molecular flexibility index (Phi) is 5.57. The molecular formula is C15H28N4O. The quantitative estimate of drug-likeness (QED) is 0.823. The maximum absolute atomic E-state index is 9.29. The molecule has 2 N–H and O–H groups in total. The first-order chi connectivity index (χ1) is 9.58. The van der Waals surface area contributed by atoms with Crippen LogP contribution in [-0.2, 0) is 6.54 Å². The van der Waals surface area contributed by atoms with Crippen LogP contribution in [0.2, 0.25) is 0 Å². The number of aromatic amines is 1. The van der Waals surface area contributed by atoms with Crippen LogP contribution >= 0.6 is 0 Å². The number of nitrogens with zero attached hydrogens (tertiary/aromatic N) is 3. The highest BCUT2D eigenvalue weighted by Crippen LogP contribution is 2.16. The lowest BCUT2D eigenvalue weighted by atomic mass is 10.1. The second kappa shape index (κ2) is 7.20. The van der Waals surface area contributed by atoms with Gasteiger partial charge in [-0.2, -0.15) is 0 Å². The lowest BCUT2D eigenvalue weighted by Gasteiger charge is -2.42. The van der Waals surface area contributed by atoms with E-state index in [0.717, 1.165) is 45.0 Å². The van der Waals surface area contributed by atoms with E-state index < -0.39 is 0 Å². The molecule has 0 aliphatic carbocycles. The van der Waals surface area contributed by atoms with Gasteiger partial charge >= 0.3 is 0 Å². The minimum absolute atomic E-state index is 0.274. The van der Waals surface area contributed by atoms with Gasteiger partial charge in [-0.25, -0.2) is 4.98 Å². The maximum Gasteiger partial charge on any atom is 0.103 e. The van der Waals surface area contributed by atoms with E-state index in [1.165, 1.54) is 5.69 Å². The second-order valence-electron chi connectivity index (χ2n) is 6.28. The second-order valence-corrected chi connectivity index (χ2v) is 6.28. The monoisotopic (exact) mass is 280 g/mol. The first-order valence-electron chi connectivity index (χ1n) is 7.66. The lowest BCUT2D eigenvalue weighted by molar-refractivity contribution is 0.0472. The van der Waals surface area contributed by atoms with Gasteiger partial charge in [-0.05, 0) is 19.3 Å². The van der Waals surface area contributed by atoms with Crippen LogP contribution < -0.4 is 0 Å². The zero-order chi connectivity index (χ0) is 14.5. The number of aliphatic hydroxyl groups excluding tert-OH is 1. The molecule has 1 fully saturated rings. The molecule has 0 bridgehead atoms. The van der Waals surface area contributed by atoms with Crippen molar-refractivity contribution < 1.29 is 5.11 Å². The fraction of sp³-hybridized carbons (Fsp3) is 0.800. The van der Waals surface area contributed by atoms with Gasteiger partial charge in [0.05, 0.1) is 0 Å². The number of rotatable bonds is 6. The normalized spacial score (nSPS) is 21.8. The maximum atomic E-state index is 9.29. The van der Waals surface area contributed by atoms with Gasteiger partial charge in [-0.15, -0.1) is 0 Å². The van der Waals surface area contributed by atoms with Crippen LogP contribution in [0.4, 0.5) is 0 Å². The largest absolute Gasteiger partial charge is 0.396 e. The van der Waals surface area contributed by atoms with Crippen LogP contribution in [0, 0.1) is 12.8 Å². The number of piperazine rings is 1. The fourth-order valence-electron chi connectivity index (χ4n) is 3.03. The molecule has 114 valence electrons. The average Bonchev–Trinajstić information content (AvgIpc) is 2.78. The molecule has 0 spiro atoms. The van der Waals surface area contributed by atoms with E-state index in [0.29, 0.717) is 12.0 Å². The van der Waals surface area contributed by atoms with Crippen LogP contribution in [0.25, 0.3) is 0 Å². The van der Waals surface area contributed by atoms with E-state index in [9.17, 15) is 5.11 Å². The zero-order valence-corrected chi connectivity index (χ0v) is 13.0. The number of H-pyrrole nitrogens is 1. The van der Waals surface area contributed by atoms with Crippen molar-refractivity contribution in [2.75, 3.05) is 32.8 Å². The van der Waals surface area contributed by atoms with Crippen LogP contribution in [0.3, 0.4) is 0 Å². The van der Waals surface area contributed by atoms with Crippen molar-refractivity contribution in [1.82, 2.24) is 19.8 Å². The van der Waals surface area contributed by atoms with Gasteiger partial charge in [0, 0.05) is 57.3 Å². The number of imidazole rings is 1. The highest BCUT2D eigenvalue weighted by Gasteiger charge is 2.27. The number of aryl methyl sites for hydroxylation is 1. The summed E-state index contributed by atoms with van der Waals surface area (Å²) in [6, 6.07) is 0.472. The minimum Gasteiger partial charge on any atom is -0.396 e. The van der Waals surface area contributed by atoms with E-state index in [2.05, 4.69) is 33.6 Å². The molecule has 0 saturated carbocycles. The molecule has 0 aromatic carbocycles. The van der Waals surface area contributed by atoms with Crippen molar-refractivity contribution in [3.63, 3.8) is 0 Å². The molecule has 0 unspecified atom stereocenters. The molecule has 1 aliphatic rings. The van der Waals surface area contributed by atoms with Gasteiger partial charge in [0.25, 0.3) is 0 Å². The predicted molar refractivity (Wildman–Crippen MR) is 80.5 cm³/mol.